The van der Waals surface area contributed by atoms with Crippen LogP contribution >= 0.6 is 0 Å². The summed E-state index contributed by atoms with van der Waals surface area (Å²) in [7, 11) is 0. The van der Waals surface area contributed by atoms with Crippen molar-refractivity contribution < 1.29 is 4.84 Å². The quantitative estimate of drug-likeness (QED) is 0.814. The monoisotopic (exact) mass is 243 g/mol. The third kappa shape index (κ3) is 1.83. The van der Waals surface area contributed by atoms with Gasteiger partial charge in [0, 0.05) is 0 Å². The van der Waals surface area contributed by atoms with Gasteiger partial charge in [-0.05, 0) is 67.9 Å². The fourth-order valence-corrected chi connectivity index (χ4v) is 4.71. The van der Waals surface area contributed by atoms with Gasteiger partial charge in [0.15, 0.2) is 0 Å². The molecule has 0 atom stereocenters. The van der Waals surface area contributed by atoms with Crippen LogP contribution in [0.2, 0.25) is 0 Å². The molecule has 1 aromatic rings. The van der Waals surface area contributed by atoms with Crippen molar-refractivity contribution in [1.29, 1.82) is 0 Å². The SMILES string of the molecule is c1ccc(NOC2C3CC4CC(C3)CC2C4)cc1. The number of rotatable bonds is 3. The Hall–Kier alpha value is -1.02. The molecule has 4 aliphatic rings. The van der Waals surface area contributed by atoms with Crippen LogP contribution in [-0.2, 0) is 4.84 Å². The molecule has 1 N–H and O–H groups in total. The molecule has 4 saturated carbocycles. The first-order valence-corrected chi connectivity index (χ1v) is 7.35. The largest absolute Gasteiger partial charge is 0.272 e. The predicted molar refractivity (Wildman–Crippen MR) is 72.0 cm³/mol. The van der Waals surface area contributed by atoms with Gasteiger partial charge in [-0.15, -0.1) is 0 Å². The Morgan fingerprint density at radius 3 is 2.06 bits per heavy atom. The van der Waals surface area contributed by atoms with Crippen molar-refractivity contribution in [2.75, 3.05) is 5.48 Å². The lowest BCUT2D eigenvalue weighted by Gasteiger charge is -2.53. The van der Waals surface area contributed by atoms with Crippen LogP contribution in [0.4, 0.5) is 5.69 Å². The Balaban J connectivity index is 1.43. The van der Waals surface area contributed by atoms with Crippen LogP contribution < -0.4 is 5.48 Å². The Kier molecular flexibility index (Phi) is 2.58. The van der Waals surface area contributed by atoms with Gasteiger partial charge in [0.1, 0.15) is 0 Å². The van der Waals surface area contributed by atoms with Crippen LogP contribution in [-0.4, -0.2) is 6.10 Å². The summed E-state index contributed by atoms with van der Waals surface area (Å²) in [6.45, 7) is 0. The van der Waals surface area contributed by atoms with Crippen LogP contribution in [0, 0.1) is 23.7 Å². The molecular formula is C16H21NO. The fraction of sp³-hybridized carbons (Fsp3) is 0.625. The summed E-state index contributed by atoms with van der Waals surface area (Å²) in [5, 5.41) is 0. The van der Waals surface area contributed by atoms with Gasteiger partial charge in [0.25, 0.3) is 0 Å². The van der Waals surface area contributed by atoms with Crippen LogP contribution in [0.5, 0.6) is 0 Å². The van der Waals surface area contributed by atoms with Crippen LogP contribution in [0.3, 0.4) is 0 Å². The van der Waals surface area contributed by atoms with Crippen molar-refractivity contribution in [2.45, 2.75) is 38.2 Å². The van der Waals surface area contributed by atoms with Gasteiger partial charge in [-0.25, -0.2) is 0 Å². The molecule has 4 aliphatic carbocycles. The molecule has 0 aliphatic heterocycles. The van der Waals surface area contributed by atoms with E-state index in [9.17, 15) is 0 Å². The zero-order chi connectivity index (χ0) is 11.9. The normalized spacial score (nSPS) is 41.0. The second-order valence-electron chi connectivity index (χ2n) is 6.48. The molecule has 0 amide bonds. The fourth-order valence-electron chi connectivity index (χ4n) is 4.71. The van der Waals surface area contributed by atoms with E-state index >= 15 is 0 Å². The lowest BCUT2D eigenvalue weighted by Crippen LogP contribution is -2.50. The maximum atomic E-state index is 6.05. The van der Waals surface area contributed by atoms with Crippen LogP contribution in [0.15, 0.2) is 30.3 Å². The third-order valence-electron chi connectivity index (χ3n) is 5.23. The molecule has 96 valence electrons. The zero-order valence-electron chi connectivity index (χ0n) is 10.7. The molecule has 2 nitrogen and oxygen atoms in total. The van der Waals surface area contributed by atoms with Crippen molar-refractivity contribution in [3.05, 3.63) is 30.3 Å². The van der Waals surface area contributed by atoms with Gasteiger partial charge in [-0.3, -0.25) is 10.3 Å². The first kappa shape index (κ1) is 10.9. The number of hydrogen-bond acceptors (Lipinski definition) is 2. The number of hydrogen-bond donors (Lipinski definition) is 1. The number of nitrogens with one attached hydrogen (secondary N) is 1. The highest BCUT2D eigenvalue weighted by Crippen LogP contribution is 2.54. The van der Waals surface area contributed by atoms with Crippen LogP contribution in [0.25, 0.3) is 0 Å². The number of anilines is 1. The molecule has 5 rings (SSSR count). The molecule has 18 heavy (non-hydrogen) atoms. The summed E-state index contributed by atoms with van der Waals surface area (Å²) in [5.74, 6) is 3.67. The van der Waals surface area contributed by atoms with Crippen molar-refractivity contribution in [1.82, 2.24) is 0 Å². The maximum absolute atomic E-state index is 6.05. The van der Waals surface area contributed by atoms with E-state index in [0.717, 1.165) is 29.4 Å². The lowest BCUT2D eigenvalue weighted by atomic mass is 9.55. The highest BCUT2D eigenvalue weighted by Gasteiger charge is 2.49. The molecule has 4 bridgehead atoms. The Labute approximate surface area is 109 Å². The third-order valence-corrected chi connectivity index (χ3v) is 5.23. The van der Waals surface area contributed by atoms with Gasteiger partial charge in [0.2, 0.25) is 0 Å². The molecular weight excluding hydrogens is 222 g/mol. The smallest absolute Gasteiger partial charge is 0.0910 e. The summed E-state index contributed by atoms with van der Waals surface area (Å²) in [6.07, 6.45) is 7.61. The molecule has 1 aromatic carbocycles. The predicted octanol–water partition coefficient (Wildman–Crippen LogP) is 3.85. The molecule has 0 radical (unpaired) electrons. The lowest BCUT2D eigenvalue weighted by molar-refractivity contribution is -0.111. The molecule has 4 fully saturated rings. The minimum absolute atomic E-state index is 0.456. The first-order valence-electron chi connectivity index (χ1n) is 7.35. The Morgan fingerprint density at radius 2 is 1.44 bits per heavy atom. The summed E-state index contributed by atoms with van der Waals surface area (Å²) in [5.41, 5.74) is 4.25. The van der Waals surface area contributed by atoms with Crippen molar-refractivity contribution in [3.8, 4) is 0 Å². The minimum Gasteiger partial charge on any atom is -0.272 e. The Bertz CT molecular complexity index is 388. The molecule has 2 heteroatoms. The number of para-hydroxylation sites is 1. The molecule has 0 aromatic heterocycles. The summed E-state index contributed by atoms with van der Waals surface area (Å²) in [6, 6.07) is 10.3. The van der Waals surface area contributed by atoms with Crippen molar-refractivity contribution in [3.63, 3.8) is 0 Å². The van der Waals surface area contributed by atoms with E-state index in [4.69, 9.17) is 4.84 Å². The van der Waals surface area contributed by atoms with E-state index in [0.29, 0.717) is 6.10 Å². The van der Waals surface area contributed by atoms with E-state index in [1.165, 1.54) is 32.1 Å². The highest BCUT2D eigenvalue weighted by atomic mass is 16.7. The van der Waals surface area contributed by atoms with E-state index in [1.54, 1.807) is 0 Å². The summed E-state index contributed by atoms with van der Waals surface area (Å²) in [4.78, 5) is 6.05. The van der Waals surface area contributed by atoms with Crippen molar-refractivity contribution in [2.24, 2.45) is 23.7 Å². The minimum atomic E-state index is 0.456. The van der Waals surface area contributed by atoms with Gasteiger partial charge in [-0.2, -0.15) is 0 Å². The molecule has 0 saturated heterocycles. The van der Waals surface area contributed by atoms with Crippen LogP contribution in [0.1, 0.15) is 32.1 Å². The van der Waals surface area contributed by atoms with E-state index < -0.39 is 0 Å². The standard InChI is InChI=1S/C16H21NO/c1-2-4-15(5-3-1)17-18-16-13-7-11-6-12(9-13)10-14(16)8-11/h1-5,11-14,16-17H,6-10H2. The molecule has 0 unspecified atom stereocenters. The van der Waals surface area contributed by atoms with Gasteiger partial charge in [-0.1, -0.05) is 18.2 Å². The number of benzene rings is 1. The molecule has 0 spiro atoms. The van der Waals surface area contributed by atoms with E-state index in [1.807, 2.05) is 18.2 Å². The zero-order valence-corrected chi connectivity index (χ0v) is 10.7. The van der Waals surface area contributed by atoms with Gasteiger partial charge >= 0.3 is 0 Å². The highest BCUT2D eigenvalue weighted by molar-refractivity contribution is 5.40. The first-order chi connectivity index (χ1) is 8.88. The summed E-state index contributed by atoms with van der Waals surface area (Å²) >= 11 is 0. The van der Waals surface area contributed by atoms with Gasteiger partial charge < -0.3 is 0 Å². The topological polar surface area (TPSA) is 21.3 Å². The van der Waals surface area contributed by atoms with Crippen molar-refractivity contribution >= 4 is 5.69 Å². The second kappa shape index (κ2) is 4.27. The average Bonchev–Trinajstić information content (AvgIpc) is 2.38. The van der Waals surface area contributed by atoms with Gasteiger partial charge in [0.05, 0.1) is 11.8 Å². The average molecular weight is 243 g/mol. The molecule has 0 heterocycles. The van der Waals surface area contributed by atoms with E-state index in [-0.39, 0.29) is 0 Å². The van der Waals surface area contributed by atoms with E-state index in [2.05, 4.69) is 17.6 Å². The summed E-state index contributed by atoms with van der Waals surface area (Å²) < 4.78 is 0. The Morgan fingerprint density at radius 1 is 0.833 bits per heavy atom. The second-order valence-corrected chi connectivity index (χ2v) is 6.48. The maximum Gasteiger partial charge on any atom is 0.0910 e.